The molecule has 2 atom stereocenters. The van der Waals surface area contributed by atoms with Gasteiger partial charge in [0.15, 0.2) is 0 Å². The highest BCUT2D eigenvalue weighted by atomic mass is 32.1. The molecule has 1 aliphatic rings. The van der Waals surface area contributed by atoms with E-state index in [1.54, 1.807) is 0 Å². The molecule has 1 saturated carbocycles. The first-order chi connectivity index (χ1) is 8.88. The first-order valence-corrected chi connectivity index (χ1v) is 7.37. The summed E-state index contributed by atoms with van der Waals surface area (Å²) in [7, 11) is 0. The molecule has 2 unspecified atom stereocenters. The molecule has 1 fully saturated rings. The van der Waals surface area contributed by atoms with Gasteiger partial charge >= 0.3 is 6.18 Å². The molecular weight excluding hydrogens is 275 g/mol. The molecule has 0 spiro atoms. The van der Waals surface area contributed by atoms with Crippen LogP contribution in [0.4, 0.5) is 18.3 Å². The second kappa shape index (κ2) is 5.64. The fourth-order valence-electron chi connectivity index (χ4n) is 2.69. The minimum atomic E-state index is -4.40. The Labute approximate surface area is 114 Å². The van der Waals surface area contributed by atoms with E-state index in [4.69, 9.17) is 0 Å². The maximum absolute atomic E-state index is 12.5. The SMILES string of the molecule is CC(C)C1CCCCC1Nc1nnc(C(F)(F)F)s1. The van der Waals surface area contributed by atoms with Gasteiger partial charge in [-0.2, -0.15) is 13.2 Å². The van der Waals surface area contributed by atoms with Crippen LogP contribution >= 0.6 is 11.3 Å². The van der Waals surface area contributed by atoms with Crippen molar-refractivity contribution in [3.05, 3.63) is 5.01 Å². The van der Waals surface area contributed by atoms with Gasteiger partial charge in [0, 0.05) is 6.04 Å². The van der Waals surface area contributed by atoms with E-state index in [0.717, 1.165) is 19.3 Å². The standard InChI is InChI=1S/C12H18F3N3S/c1-7(2)8-5-3-4-6-9(8)16-11-18-17-10(19-11)12(13,14)15/h7-9H,3-6H2,1-2H3,(H,16,18). The van der Waals surface area contributed by atoms with Crippen molar-refractivity contribution in [2.75, 3.05) is 5.32 Å². The monoisotopic (exact) mass is 293 g/mol. The first-order valence-electron chi connectivity index (χ1n) is 6.55. The number of hydrogen-bond acceptors (Lipinski definition) is 4. The summed E-state index contributed by atoms with van der Waals surface area (Å²) in [5, 5.41) is 9.36. The third-order valence-corrected chi connectivity index (χ3v) is 4.55. The highest BCUT2D eigenvalue weighted by Gasteiger charge is 2.36. The summed E-state index contributed by atoms with van der Waals surface area (Å²) in [4.78, 5) is 0. The molecule has 3 nitrogen and oxygen atoms in total. The molecule has 0 saturated heterocycles. The number of halogens is 3. The maximum atomic E-state index is 12.5. The maximum Gasteiger partial charge on any atom is 0.445 e. The Morgan fingerprint density at radius 3 is 2.47 bits per heavy atom. The van der Waals surface area contributed by atoms with Crippen molar-refractivity contribution >= 4 is 16.5 Å². The van der Waals surface area contributed by atoms with Crippen molar-refractivity contribution in [1.82, 2.24) is 10.2 Å². The summed E-state index contributed by atoms with van der Waals surface area (Å²) in [6.45, 7) is 4.32. The Bertz CT molecular complexity index is 417. The molecule has 108 valence electrons. The second-order valence-electron chi connectivity index (χ2n) is 5.35. The van der Waals surface area contributed by atoms with Gasteiger partial charge in [-0.3, -0.25) is 0 Å². The summed E-state index contributed by atoms with van der Waals surface area (Å²) < 4.78 is 37.4. The van der Waals surface area contributed by atoms with Gasteiger partial charge < -0.3 is 5.32 Å². The normalized spacial score (nSPS) is 24.7. The van der Waals surface area contributed by atoms with E-state index in [1.165, 1.54) is 6.42 Å². The van der Waals surface area contributed by atoms with Crippen molar-refractivity contribution in [3.63, 3.8) is 0 Å². The molecule has 1 aromatic heterocycles. The number of anilines is 1. The lowest BCUT2D eigenvalue weighted by molar-refractivity contribution is -0.138. The molecule has 1 heterocycles. The summed E-state index contributed by atoms with van der Waals surface area (Å²) in [6, 6.07) is 0.211. The summed E-state index contributed by atoms with van der Waals surface area (Å²) in [6.07, 6.45) is 0.0302. The molecule has 0 bridgehead atoms. The highest BCUT2D eigenvalue weighted by Crippen LogP contribution is 2.36. The van der Waals surface area contributed by atoms with Gasteiger partial charge in [-0.25, -0.2) is 0 Å². The molecule has 0 aromatic carbocycles. The third kappa shape index (κ3) is 3.58. The average molecular weight is 293 g/mol. The summed E-state index contributed by atoms with van der Waals surface area (Å²) >= 11 is 0.589. The molecule has 0 aliphatic heterocycles. The predicted octanol–water partition coefficient (Wildman–Crippen LogP) is 4.18. The Morgan fingerprint density at radius 1 is 1.21 bits per heavy atom. The van der Waals surface area contributed by atoms with Crippen LogP contribution in [0.25, 0.3) is 0 Å². The fourth-order valence-corrected chi connectivity index (χ4v) is 3.36. The molecule has 19 heavy (non-hydrogen) atoms. The van der Waals surface area contributed by atoms with Crippen LogP contribution in [-0.4, -0.2) is 16.2 Å². The van der Waals surface area contributed by atoms with E-state index < -0.39 is 11.2 Å². The number of nitrogens with zero attached hydrogens (tertiary/aromatic N) is 2. The van der Waals surface area contributed by atoms with Crippen LogP contribution in [0.1, 0.15) is 44.5 Å². The van der Waals surface area contributed by atoms with E-state index in [0.29, 0.717) is 23.2 Å². The largest absolute Gasteiger partial charge is 0.445 e. The fraction of sp³-hybridized carbons (Fsp3) is 0.833. The van der Waals surface area contributed by atoms with Crippen LogP contribution in [0, 0.1) is 11.8 Å². The molecule has 1 N–H and O–H groups in total. The molecule has 2 rings (SSSR count). The van der Waals surface area contributed by atoms with E-state index in [2.05, 4.69) is 29.4 Å². The van der Waals surface area contributed by atoms with Gasteiger partial charge in [0.05, 0.1) is 0 Å². The zero-order chi connectivity index (χ0) is 14.0. The average Bonchev–Trinajstić information content (AvgIpc) is 2.77. The quantitative estimate of drug-likeness (QED) is 0.908. The Balaban J connectivity index is 2.05. The lowest BCUT2D eigenvalue weighted by Crippen LogP contribution is -2.35. The van der Waals surface area contributed by atoms with Crippen molar-refractivity contribution in [2.24, 2.45) is 11.8 Å². The van der Waals surface area contributed by atoms with Crippen LogP contribution in [0.5, 0.6) is 0 Å². The van der Waals surface area contributed by atoms with Crippen LogP contribution in [0.2, 0.25) is 0 Å². The molecule has 7 heteroatoms. The minimum absolute atomic E-state index is 0.211. The topological polar surface area (TPSA) is 37.8 Å². The van der Waals surface area contributed by atoms with Gasteiger partial charge in [0.2, 0.25) is 10.1 Å². The number of nitrogens with one attached hydrogen (secondary N) is 1. The number of aromatic nitrogens is 2. The molecule has 1 aliphatic carbocycles. The summed E-state index contributed by atoms with van der Waals surface area (Å²) in [5.41, 5.74) is 0. The summed E-state index contributed by atoms with van der Waals surface area (Å²) in [5.74, 6) is 1.01. The molecule has 0 amide bonds. The Kier molecular flexibility index (Phi) is 4.32. The Hall–Kier alpha value is -0.850. The highest BCUT2D eigenvalue weighted by molar-refractivity contribution is 7.15. The van der Waals surface area contributed by atoms with Gasteiger partial charge in [0.25, 0.3) is 0 Å². The van der Waals surface area contributed by atoms with Crippen LogP contribution < -0.4 is 5.32 Å². The van der Waals surface area contributed by atoms with Gasteiger partial charge in [-0.05, 0) is 24.7 Å². The molecule has 1 aromatic rings. The van der Waals surface area contributed by atoms with Crippen LogP contribution in [0.15, 0.2) is 0 Å². The van der Waals surface area contributed by atoms with Crippen LogP contribution in [0.3, 0.4) is 0 Å². The zero-order valence-corrected chi connectivity index (χ0v) is 11.8. The van der Waals surface area contributed by atoms with Gasteiger partial charge in [-0.15, -0.1) is 10.2 Å². The number of rotatable bonds is 3. The molecule has 0 radical (unpaired) electrons. The van der Waals surface area contributed by atoms with Gasteiger partial charge in [-0.1, -0.05) is 38.0 Å². The zero-order valence-electron chi connectivity index (χ0n) is 11.0. The lowest BCUT2D eigenvalue weighted by Gasteiger charge is -2.34. The number of alkyl halides is 3. The van der Waals surface area contributed by atoms with Crippen molar-refractivity contribution in [1.29, 1.82) is 0 Å². The minimum Gasteiger partial charge on any atom is -0.357 e. The number of hydrogen-bond donors (Lipinski definition) is 1. The Morgan fingerprint density at radius 2 is 1.89 bits per heavy atom. The van der Waals surface area contributed by atoms with Gasteiger partial charge in [0.1, 0.15) is 0 Å². The first kappa shape index (κ1) is 14.6. The third-order valence-electron chi connectivity index (χ3n) is 3.65. The van der Waals surface area contributed by atoms with Crippen molar-refractivity contribution in [2.45, 2.75) is 51.7 Å². The van der Waals surface area contributed by atoms with E-state index in [-0.39, 0.29) is 11.2 Å². The van der Waals surface area contributed by atoms with Crippen LogP contribution in [-0.2, 0) is 6.18 Å². The van der Waals surface area contributed by atoms with Crippen molar-refractivity contribution in [3.8, 4) is 0 Å². The van der Waals surface area contributed by atoms with E-state index in [1.807, 2.05) is 0 Å². The van der Waals surface area contributed by atoms with Crippen molar-refractivity contribution < 1.29 is 13.2 Å². The van der Waals surface area contributed by atoms with E-state index in [9.17, 15) is 13.2 Å². The lowest BCUT2D eigenvalue weighted by atomic mass is 9.78. The smallest absolute Gasteiger partial charge is 0.357 e. The predicted molar refractivity (Wildman–Crippen MR) is 69.1 cm³/mol. The molecular formula is C12H18F3N3S. The van der Waals surface area contributed by atoms with E-state index >= 15 is 0 Å². The second-order valence-corrected chi connectivity index (χ2v) is 6.33.